The quantitative estimate of drug-likeness (QED) is 0.632. The molecule has 0 aliphatic heterocycles. The molecule has 2 nitrogen and oxygen atoms in total. The Balaban J connectivity index is 0.000000810. The van der Waals surface area contributed by atoms with E-state index in [0.29, 0.717) is 6.07 Å². The molecule has 0 amide bonds. The second-order valence-corrected chi connectivity index (χ2v) is 1.52. The molecule has 0 aliphatic carbocycles. The van der Waals surface area contributed by atoms with Crippen molar-refractivity contribution in [2.24, 2.45) is 0 Å². The van der Waals surface area contributed by atoms with Crippen molar-refractivity contribution in [2.45, 2.75) is 0 Å². The Hall–Kier alpha value is -0.900. The van der Waals surface area contributed by atoms with Crippen LogP contribution >= 0.6 is 12.4 Å². The van der Waals surface area contributed by atoms with E-state index in [4.69, 9.17) is 5.73 Å². The molecule has 0 saturated heterocycles. The van der Waals surface area contributed by atoms with Crippen LogP contribution in [0, 0.1) is 11.6 Å². The number of halogens is 3. The third kappa shape index (κ3) is 1.80. The maximum Gasteiger partial charge on any atom is 0.168 e. The Morgan fingerprint density at radius 2 is 2.00 bits per heavy atom. The van der Waals surface area contributed by atoms with Gasteiger partial charge in [-0.3, -0.25) is 0 Å². The summed E-state index contributed by atoms with van der Waals surface area (Å²) in [6.07, 6.45) is 0.860. The molecule has 0 aliphatic rings. The van der Waals surface area contributed by atoms with Gasteiger partial charge in [-0.15, -0.1) is 12.4 Å². The highest BCUT2D eigenvalue weighted by molar-refractivity contribution is 5.85. The van der Waals surface area contributed by atoms with Crippen LogP contribution in [0.3, 0.4) is 0 Å². The van der Waals surface area contributed by atoms with Gasteiger partial charge in [-0.25, -0.2) is 13.8 Å². The molecule has 2 N–H and O–H groups in total. The van der Waals surface area contributed by atoms with Gasteiger partial charge < -0.3 is 5.73 Å². The van der Waals surface area contributed by atoms with Gasteiger partial charge in [-0.1, -0.05) is 0 Å². The molecule has 0 bridgehead atoms. The zero-order chi connectivity index (χ0) is 6.85. The van der Waals surface area contributed by atoms with E-state index in [0.717, 1.165) is 6.20 Å². The second kappa shape index (κ2) is 3.31. The smallest absolute Gasteiger partial charge is 0.168 e. The summed E-state index contributed by atoms with van der Waals surface area (Å²) in [5.41, 5.74) is 4.94. The fourth-order valence-corrected chi connectivity index (χ4v) is 0.425. The second-order valence-electron chi connectivity index (χ2n) is 1.52. The number of nitrogens with two attached hydrogens (primary N) is 1. The van der Waals surface area contributed by atoms with E-state index in [2.05, 4.69) is 4.98 Å². The summed E-state index contributed by atoms with van der Waals surface area (Å²) in [7, 11) is 0. The number of aromatic nitrogens is 1. The van der Waals surface area contributed by atoms with Crippen molar-refractivity contribution >= 4 is 18.2 Å². The molecule has 56 valence electrons. The van der Waals surface area contributed by atoms with Gasteiger partial charge in [0.2, 0.25) is 0 Å². The van der Waals surface area contributed by atoms with Crippen LogP contribution in [0.2, 0.25) is 0 Å². The van der Waals surface area contributed by atoms with Crippen molar-refractivity contribution < 1.29 is 8.78 Å². The molecule has 1 heterocycles. The normalized spacial score (nSPS) is 8.60. The van der Waals surface area contributed by atoms with E-state index >= 15 is 0 Å². The van der Waals surface area contributed by atoms with Gasteiger partial charge in [0.05, 0.1) is 6.20 Å². The van der Waals surface area contributed by atoms with E-state index < -0.39 is 11.6 Å². The van der Waals surface area contributed by atoms with Gasteiger partial charge in [0.15, 0.2) is 11.6 Å². The van der Waals surface area contributed by atoms with Crippen LogP contribution in [0.5, 0.6) is 0 Å². The molecule has 0 fully saturated rings. The summed E-state index contributed by atoms with van der Waals surface area (Å²) in [5.74, 6) is -1.83. The molecule has 5 heteroatoms. The van der Waals surface area contributed by atoms with Crippen molar-refractivity contribution in [3.8, 4) is 0 Å². The highest BCUT2D eigenvalue weighted by Gasteiger charge is 1.98. The van der Waals surface area contributed by atoms with Crippen LogP contribution in [0.1, 0.15) is 0 Å². The van der Waals surface area contributed by atoms with Crippen LogP contribution < -0.4 is 5.73 Å². The van der Waals surface area contributed by atoms with Crippen LogP contribution in [0.25, 0.3) is 0 Å². The topological polar surface area (TPSA) is 38.9 Å². The van der Waals surface area contributed by atoms with E-state index in [9.17, 15) is 8.78 Å². The van der Waals surface area contributed by atoms with Crippen molar-refractivity contribution in [2.75, 3.05) is 5.73 Å². The van der Waals surface area contributed by atoms with Crippen molar-refractivity contribution in [3.05, 3.63) is 23.9 Å². The Labute approximate surface area is 62.5 Å². The van der Waals surface area contributed by atoms with Gasteiger partial charge in [0.1, 0.15) is 5.82 Å². The maximum absolute atomic E-state index is 12.2. The molecule has 0 saturated carbocycles. The lowest BCUT2D eigenvalue weighted by Crippen LogP contribution is -1.94. The first kappa shape index (κ1) is 9.10. The Morgan fingerprint density at radius 1 is 1.40 bits per heavy atom. The summed E-state index contributed by atoms with van der Waals surface area (Å²) < 4.78 is 24.1. The number of pyridine rings is 1. The van der Waals surface area contributed by atoms with E-state index in [1.807, 2.05) is 0 Å². The monoisotopic (exact) mass is 166 g/mol. The lowest BCUT2D eigenvalue weighted by molar-refractivity contribution is 0.577. The maximum atomic E-state index is 12.2. The predicted octanol–water partition coefficient (Wildman–Crippen LogP) is 1.36. The third-order valence-corrected chi connectivity index (χ3v) is 0.836. The fraction of sp³-hybridized carbons (Fsp3) is 0. The lowest BCUT2D eigenvalue weighted by atomic mass is 10.4. The van der Waals surface area contributed by atoms with Gasteiger partial charge in [0.25, 0.3) is 0 Å². The van der Waals surface area contributed by atoms with E-state index in [1.54, 1.807) is 0 Å². The molecular weight excluding hydrogens is 162 g/mol. The molecule has 1 aromatic rings. The summed E-state index contributed by atoms with van der Waals surface area (Å²) in [6.45, 7) is 0. The van der Waals surface area contributed by atoms with Crippen LogP contribution in [-0.2, 0) is 0 Å². The number of nitrogens with zero attached hydrogens (tertiary/aromatic N) is 1. The summed E-state index contributed by atoms with van der Waals surface area (Å²) in [4.78, 5) is 3.21. The van der Waals surface area contributed by atoms with Crippen LogP contribution in [0.4, 0.5) is 14.6 Å². The average Bonchev–Trinajstić information content (AvgIpc) is 1.80. The summed E-state index contributed by atoms with van der Waals surface area (Å²) >= 11 is 0. The van der Waals surface area contributed by atoms with Crippen LogP contribution in [-0.4, -0.2) is 4.98 Å². The van der Waals surface area contributed by atoms with Gasteiger partial charge >= 0.3 is 0 Å². The Morgan fingerprint density at radius 3 is 2.40 bits per heavy atom. The number of hydrogen-bond acceptors (Lipinski definition) is 2. The fourth-order valence-electron chi connectivity index (χ4n) is 0.425. The number of nitrogen functional groups attached to an aromatic ring is 1. The third-order valence-electron chi connectivity index (χ3n) is 0.836. The number of rotatable bonds is 0. The number of hydrogen-bond donors (Lipinski definition) is 1. The summed E-state index contributed by atoms with van der Waals surface area (Å²) in [6, 6.07) is 0.683. The molecule has 0 spiro atoms. The average molecular weight is 167 g/mol. The Bertz CT molecular complexity index is 229. The first-order valence-electron chi connectivity index (χ1n) is 2.26. The molecule has 1 aromatic heterocycles. The van der Waals surface area contributed by atoms with Crippen molar-refractivity contribution in [3.63, 3.8) is 0 Å². The minimum absolute atomic E-state index is 0. The zero-order valence-corrected chi connectivity index (χ0v) is 5.66. The van der Waals surface area contributed by atoms with Crippen LogP contribution in [0.15, 0.2) is 12.3 Å². The van der Waals surface area contributed by atoms with Crippen molar-refractivity contribution in [1.82, 2.24) is 4.98 Å². The molecule has 10 heavy (non-hydrogen) atoms. The van der Waals surface area contributed by atoms with E-state index in [1.165, 1.54) is 0 Å². The van der Waals surface area contributed by atoms with Gasteiger partial charge in [-0.2, -0.15) is 0 Å². The molecule has 0 aromatic carbocycles. The van der Waals surface area contributed by atoms with Gasteiger partial charge in [-0.05, 0) is 0 Å². The minimum atomic E-state index is -0.824. The zero-order valence-electron chi connectivity index (χ0n) is 4.84. The summed E-state index contributed by atoms with van der Waals surface area (Å²) in [5, 5.41) is 0. The SMILES string of the molecule is Cl.Nc1ncc(F)cc1F. The standard InChI is InChI=1S/C5H4F2N2.ClH/c6-3-1-4(7)5(8)9-2-3;/h1-2H,(H2,8,9);1H. The molecule has 1 rings (SSSR count). The Kier molecular flexibility index (Phi) is 3.02. The van der Waals surface area contributed by atoms with E-state index in [-0.39, 0.29) is 18.2 Å². The molecule has 0 unspecified atom stereocenters. The first-order valence-corrected chi connectivity index (χ1v) is 2.26. The minimum Gasteiger partial charge on any atom is -0.381 e. The highest BCUT2D eigenvalue weighted by Crippen LogP contribution is 2.05. The number of anilines is 1. The molecular formula is C5H5ClF2N2. The highest BCUT2D eigenvalue weighted by atomic mass is 35.5. The lowest BCUT2D eigenvalue weighted by Gasteiger charge is -1.91. The van der Waals surface area contributed by atoms with Gasteiger partial charge in [0, 0.05) is 6.07 Å². The molecule has 0 radical (unpaired) electrons. The molecule has 0 atom stereocenters. The first-order chi connectivity index (χ1) is 4.20. The predicted molar refractivity (Wildman–Crippen MR) is 35.8 cm³/mol. The largest absolute Gasteiger partial charge is 0.381 e. The van der Waals surface area contributed by atoms with Crippen molar-refractivity contribution in [1.29, 1.82) is 0 Å².